The molecule has 1 amide bonds. The minimum Gasteiger partial charge on any atom is -0.490 e. The molecule has 0 aliphatic heterocycles. The van der Waals surface area contributed by atoms with Gasteiger partial charge in [0.2, 0.25) is 5.75 Å². The predicted octanol–water partition coefficient (Wildman–Crippen LogP) is 3.51. The van der Waals surface area contributed by atoms with Gasteiger partial charge < -0.3 is 19.5 Å². The lowest BCUT2D eigenvalue weighted by molar-refractivity contribution is 0.0943. The fourth-order valence-corrected chi connectivity index (χ4v) is 2.56. The first-order valence-electron chi connectivity index (χ1n) is 9.07. The number of hydrogen-bond acceptors (Lipinski definition) is 5. The number of nitrogens with one attached hydrogen (secondary N) is 3. The molecule has 0 saturated carbocycles. The van der Waals surface area contributed by atoms with E-state index in [2.05, 4.69) is 16.2 Å². The largest absolute Gasteiger partial charge is 0.490 e. The van der Waals surface area contributed by atoms with Gasteiger partial charge >= 0.3 is 0 Å². The number of hydrazine groups is 1. The van der Waals surface area contributed by atoms with Gasteiger partial charge in [-0.15, -0.1) is 0 Å². The van der Waals surface area contributed by atoms with Crippen molar-refractivity contribution in [1.29, 1.82) is 0 Å². The highest BCUT2D eigenvalue weighted by molar-refractivity contribution is 7.80. The predicted molar refractivity (Wildman–Crippen MR) is 113 cm³/mol. The Bertz CT molecular complexity index is 772. The van der Waals surface area contributed by atoms with Crippen molar-refractivity contribution in [2.45, 2.75) is 20.8 Å². The molecule has 0 aliphatic carbocycles. The Balaban J connectivity index is 2.11. The molecule has 0 spiro atoms. The van der Waals surface area contributed by atoms with Crippen molar-refractivity contribution in [3.8, 4) is 17.2 Å². The highest BCUT2D eigenvalue weighted by Gasteiger charge is 2.18. The standard InChI is InChI=1S/C20H25N3O4S/c1-4-25-16-12-14(13-17(26-5-2)18(16)27-6-3)19(24)22-23-20(28)21-15-10-8-7-9-11-15/h7-13H,4-6H2,1-3H3,(H,22,24)(H2,21,23,28). The Morgan fingerprint density at radius 3 is 2.00 bits per heavy atom. The molecule has 0 atom stereocenters. The number of amides is 1. The molecule has 150 valence electrons. The van der Waals surface area contributed by atoms with E-state index in [1.54, 1.807) is 12.1 Å². The average Bonchev–Trinajstić information content (AvgIpc) is 2.69. The average molecular weight is 404 g/mol. The fraction of sp³-hybridized carbons (Fsp3) is 0.300. The van der Waals surface area contributed by atoms with Crippen LogP contribution in [0.25, 0.3) is 0 Å². The van der Waals surface area contributed by atoms with E-state index in [0.717, 1.165) is 5.69 Å². The molecule has 0 aliphatic rings. The third kappa shape index (κ3) is 6.02. The van der Waals surface area contributed by atoms with Crippen molar-refractivity contribution in [3.05, 3.63) is 48.0 Å². The van der Waals surface area contributed by atoms with E-state index in [4.69, 9.17) is 26.4 Å². The van der Waals surface area contributed by atoms with E-state index in [9.17, 15) is 4.79 Å². The molecule has 0 heterocycles. The van der Waals surface area contributed by atoms with Crippen LogP contribution < -0.4 is 30.4 Å². The van der Waals surface area contributed by atoms with E-state index >= 15 is 0 Å². The molecule has 2 aromatic carbocycles. The second kappa shape index (κ2) is 11.0. The molecule has 8 heteroatoms. The van der Waals surface area contributed by atoms with Crippen LogP contribution in [0.1, 0.15) is 31.1 Å². The normalized spacial score (nSPS) is 9.96. The molecular formula is C20H25N3O4S. The van der Waals surface area contributed by atoms with Gasteiger partial charge in [0.25, 0.3) is 5.91 Å². The molecule has 0 saturated heterocycles. The third-order valence-electron chi connectivity index (χ3n) is 3.49. The molecule has 28 heavy (non-hydrogen) atoms. The molecule has 0 aromatic heterocycles. The molecule has 2 rings (SSSR count). The third-order valence-corrected chi connectivity index (χ3v) is 3.70. The molecule has 0 radical (unpaired) electrons. The first-order chi connectivity index (χ1) is 13.6. The summed E-state index contributed by atoms with van der Waals surface area (Å²) in [4.78, 5) is 12.6. The summed E-state index contributed by atoms with van der Waals surface area (Å²) < 4.78 is 16.9. The van der Waals surface area contributed by atoms with Gasteiger partial charge in [0.05, 0.1) is 19.8 Å². The Hall–Kier alpha value is -3.00. The Labute approximate surface area is 170 Å². The van der Waals surface area contributed by atoms with Crippen LogP contribution in [-0.2, 0) is 0 Å². The highest BCUT2D eigenvalue weighted by atomic mass is 32.1. The van der Waals surface area contributed by atoms with E-state index in [1.807, 2.05) is 51.1 Å². The van der Waals surface area contributed by atoms with Gasteiger partial charge in [-0.05, 0) is 57.3 Å². The van der Waals surface area contributed by atoms with Crippen molar-refractivity contribution >= 4 is 28.9 Å². The topological polar surface area (TPSA) is 80.9 Å². The molecule has 2 aromatic rings. The minimum absolute atomic E-state index is 0.264. The zero-order valence-corrected chi connectivity index (χ0v) is 17.0. The summed E-state index contributed by atoms with van der Waals surface area (Å²) in [5, 5.41) is 3.24. The van der Waals surface area contributed by atoms with Gasteiger partial charge in [-0.3, -0.25) is 15.6 Å². The summed E-state index contributed by atoms with van der Waals surface area (Å²) in [5.41, 5.74) is 6.41. The second-order valence-corrected chi connectivity index (χ2v) is 5.91. The lowest BCUT2D eigenvalue weighted by Gasteiger charge is -2.17. The summed E-state index contributed by atoms with van der Waals surface area (Å²) >= 11 is 5.19. The quantitative estimate of drug-likeness (QED) is 0.460. The van der Waals surface area contributed by atoms with Crippen molar-refractivity contribution in [2.75, 3.05) is 25.1 Å². The number of carbonyl (C=O) groups excluding carboxylic acids is 1. The number of para-hydroxylation sites is 1. The van der Waals surface area contributed by atoms with E-state index in [-0.39, 0.29) is 11.0 Å². The van der Waals surface area contributed by atoms with Gasteiger partial charge in [0.15, 0.2) is 16.6 Å². The number of hydrogen-bond donors (Lipinski definition) is 3. The smallest absolute Gasteiger partial charge is 0.269 e. The van der Waals surface area contributed by atoms with Crippen LogP contribution in [-0.4, -0.2) is 30.8 Å². The van der Waals surface area contributed by atoms with Crippen LogP contribution in [0.3, 0.4) is 0 Å². The van der Waals surface area contributed by atoms with Crippen LogP contribution in [0.5, 0.6) is 17.2 Å². The first-order valence-corrected chi connectivity index (χ1v) is 9.48. The van der Waals surface area contributed by atoms with Crippen LogP contribution >= 0.6 is 12.2 Å². The van der Waals surface area contributed by atoms with Crippen LogP contribution in [0, 0.1) is 0 Å². The van der Waals surface area contributed by atoms with Crippen molar-refractivity contribution in [3.63, 3.8) is 0 Å². The van der Waals surface area contributed by atoms with Crippen molar-refractivity contribution in [2.24, 2.45) is 0 Å². The molecule has 0 unspecified atom stereocenters. The summed E-state index contributed by atoms with van der Waals surface area (Å²) in [5.74, 6) is 0.995. The van der Waals surface area contributed by atoms with Crippen LogP contribution in [0.4, 0.5) is 5.69 Å². The maximum Gasteiger partial charge on any atom is 0.269 e. The molecule has 0 bridgehead atoms. The lowest BCUT2D eigenvalue weighted by atomic mass is 10.1. The number of carbonyl (C=O) groups is 1. The van der Waals surface area contributed by atoms with Gasteiger partial charge in [0, 0.05) is 11.3 Å². The van der Waals surface area contributed by atoms with Crippen molar-refractivity contribution < 1.29 is 19.0 Å². The minimum atomic E-state index is -0.387. The summed E-state index contributed by atoms with van der Waals surface area (Å²) in [6, 6.07) is 12.6. The lowest BCUT2D eigenvalue weighted by Crippen LogP contribution is -2.43. The van der Waals surface area contributed by atoms with Crippen LogP contribution in [0.2, 0.25) is 0 Å². The summed E-state index contributed by atoms with van der Waals surface area (Å²) in [7, 11) is 0. The van der Waals surface area contributed by atoms with Crippen LogP contribution in [0.15, 0.2) is 42.5 Å². The highest BCUT2D eigenvalue weighted by Crippen LogP contribution is 2.39. The van der Waals surface area contributed by atoms with Gasteiger partial charge in [-0.2, -0.15) is 0 Å². The van der Waals surface area contributed by atoms with E-state index in [1.165, 1.54) is 0 Å². The number of rotatable bonds is 8. The molecule has 3 N–H and O–H groups in total. The molecular weight excluding hydrogens is 378 g/mol. The Morgan fingerprint density at radius 1 is 0.893 bits per heavy atom. The van der Waals surface area contributed by atoms with Gasteiger partial charge in [0.1, 0.15) is 0 Å². The fourth-order valence-electron chi connectivity index (χ4n) is 2.39. The summed E-state index contributed by atoms with van der Waals surface area (Å²) in [6.45, 7) is 6.90. The number of benzene rings is 2. The van der Waals surface area contributed by atoms with E-state index < -0.39 is 0 Å². The number of anilines is 1. The van der Waals surface area contributed by atoms with Gasteiger partial charge in [-0.25, -0.2) is 0 Å². The molecule has 7 nitrogen and oxygen atoms in total. The monoisotopic (exact) mass is 403 g/mol. The maximum atomic E-state index is 12.6. The van der Waals surface area contributed by atoms with Gasteiger partial charge in [-0.1, -0.05) is 18.2 Å². The maximum absolute atomic E-state index is 12.6. The first kappa shape index (κ1) is 21.3. The van der Waals surface area contributed by atoms with Crippen molar-refractivity contribution in [1.82, 2.24) is 10.9 Å². The zero-order valence-electron chi connectivity index (χ0n) is 16.2. The second-order valence-electron chi connectivity index (χ2n) is 5.50. The SMILES string of the molecule is CCOc1cc(C(=O)NNC(=S)Nc2ccccc2)cc(OCC)c1OCC. The number of ether oxygens (including phenoxy) is 3. The number of thiocarbonyl (C=S) groups is 1. The van der Waals surface area contributed by atoms with E-state index in [0.29, 0.717) is 42.6 Å². The molecule has 0 fully saturated rings. The Morgan fingerprint density at radius 2 is 1.46 bits per heavy atom. The zero-order chi connectivity index (χ0) is 20.4. The Kier molecular flexibility index (Phi) is 8.36. The summed E-state index contributed by atoms with van der Waals surface area (Å²) in [6.07, 6.45) is 0.